The number of nitrogens with zero attached hydrogens (tertiary/aromatic N) is 2. The van der Waals surface area contributed by atoms with Gasteiger partial charge in [0.25, 0.3) is 5.56 Å². The fourth-order valence-corrected chi connectivity index (χ4v) is 2.07. The predicted molar refractivity (Wildman–Crippen MR) is 74.8 cm³/mol. The van der Waals surface area contributed by atoms with E-state index >= 15 is 0 Å². The van der Waals surface area contributed by atoms with Crippen molar-refractivity contribution in [2.45, 2.75) is 33.4 Å². The second-order valence-electron chi connectivity index (χ2n) is 4.71. The van der Waals surface area contributed by atoms with Crippen molar-refractivity contribution in [1.29, 1.82) is 0 Å². The number of hydrogen-bond donors (Lipinski definition) is 1. The van der Waals surface area contributed by atoms with Gasteiger partial charge in [0.2, 0.25) is 5.76 Å². The Morgan fingerprint density at radius 3 is 2.67 bits per heavy atom. The minimum atomic E-state index is -1.19. The largest absolute Gasteiger partial charge is 0.475 e. The van der Waals surface area contributed by atoms with Crippen molar-refractivity contribution in [3.05, 3.63) is 56.3 Å². The molecule has 7 heteroatoms. The summed E-state index contributed by atoms with van der Waals surface area (Å²) in [6.07, 6.45) is 2.24. The topological polar surface area (TPSA) is 94.4 Å². The van der Waals surface area contributed by atoms with Gasteiger partial charge in [-0.05, 0) is 19.4 Å². The van der Waals surface area contributed by atoms with Gasteiger partial charge in [0.1, 0.15) is 5.76 Å². The Balaban J connectivity index is 2.44. The van der Waals surface area contributed by atoms with Crippen molar-refractivity contribution in [1.82, 2.24) is 9.13 Å². The molecule has 0 spiro atoms. The van der Waals surface area contributed by atoms with Crippen LogP contribution in [0, 0.1) is 6.92 Å². The van der Waals surface area contributed by atoms with Crippen LogP contribution < -0.4 is 11.2 Å². The summed E-state index contributed by atoms with van der Waals surface area (Å²) in [6.45, 7) is 4.04. The Morgan fingerprint density at radius 2 is 2.10 bits per heavy atom. The van der Waals surface area contributed by atoms with Crippen molar-refractivity contribution in [2.75, 3.05) is 0 Å². The van der Waals surface area contributed by atoms with Crippen LogP contribution in [-0.2, 0) is 13.1 Å². The Bertz CT molecular complexity index is 781. The number of carboxylic acids is 1. The maximum atomic E-state index is 12.2. The van der Waals surface area contributed by atoms with Gasteiger partial charge in [-0.1, -0.05) is 6.92 Å². The molecule has 2 aromatic heterocycles. The molecule has 0 aliphatic rings. The molecule has 2 rings (SSSR count). The van der Waals surface area contributed by atoms with Crippen LogP contribution in [0.4, 0.5) is 0 Å². The lowest BCUT2D eigenvalue weighted by Crippen LogP contribution is -2.39. The van der Waals surface area contributed by atoms with E-state index in [4.69, 9.17) is 9.52 Å². The van der Waals surface area contributed by atoms with Crippen LogP contribution in [-0.4, -0.2) is 20.2 Å². The maximum Gasteiger partial charge on any atom is 0.371 e. The van der Waals surface area contributed by atoms with Crippen LogP contribution in [0.1, 0.15) is 35.2 Å². The minimum absolute atomic E-state index is 0.00909. The lowest BCUT2D eigenvalue weighted by molar-refractivity contribution is 0.0661. The maximum absolute atomic E-state index is 12.2. The Kier molecular flexibility index (Phi) is 4.11. The van der Waals surface area contributed by atoms with E-state index in [1.807, 2.05) is 6.92 Å². The number of carboxylic acid groups (broad SMARTS) is 1. The van der Waals surface area contributed by atoms with Crippen molar-refractivity contribution < 1.29 is 14.3 Å². The zero-order chi connectivity index (χ0) is 15.6. The molecule has 112 valence electrons. The van der Waals surface area contributed by atoms with Crippen LogP contribution in [0.3, 0.4) is 0 Å². The van der Waals surface area contributed by atoms with E-state index < -0.39 is 17.2 Å². The molecule has 0 unspecified atom stereocenters. The fourth-order valence-electron chi connectivity index (χ4n) is 2.07. The van der Waals surface area contributed by atoms with E-state index in [0.29, 0.717) is 17.9 Å². The third kappa shape index (κ3) is 2.96. The average Bonchev–Trinajstić information content (AvgIpc) is 2.80. The molecule has 0 amide bonds. The van der Waals surface area contributed by atoms with Gasteiger partial charge in [-0.3, -0.25) is 9.36 Å². The number of rotatable bonds is 5. The fraction of sp³-hybridized carbons (Fsp3) is 0.357. The molecule has 0 aliphatic heterocycles. The average molecular weight is 292 g/mol. The number of furan rings is 1. The van der Waals surface area contributed by atoms with Crippen LogP contribution in [0.15, 0.2) is 32.3 Å². The molecule has 0 fully saturated rings. The summed E-state index contributed by atoms with van der Waals surface area (Å²) in [5.41, 5.74) is -0.340. The molecule has 0 saturated carbocycles. The number of aryl methyl sites for hydroxylation is 2. The molecular formula is C14H16N2O5. The molecule has 1 N–H and O–H groups in total. The highest BCUT2D eigenvalue weighted by Crippen LogP contribution is 2.15. The summed E-state index contributed by atoms with van der Waals surface area (Å²) in [5, 5.41) is 8.88. The number of carbonyl (C=O) groups is 1. The minimum Gasteiger partial charge on any atom is -0.475 e. The van der Waals surface area contributed by atoms with Crippen molar-refractivity contribution >= 4 is 5.97 Å². The molecule has 21 heavy (non-hydrogen) atoms. The summed E-state index contributed by atoms with van der Waals surface area (Å²) < 4.78 is 7.60. The first kappa shape index (κ1) is 14.8. The molecule has 0 bridgehead atoms. The monoisotopic (exact) mass is 292 g/mol. The zero-order valence-corrected chi connectivity index (χ0v) is 11.8. The van der Waals surface area contributed by atoms with Crippen molar-refractivity contribution in [2.24, 2.45) is 0 Å². The predicted octanol–water partition coefficient (Wildman–Crippen LogP) is 1.07. The standard InChI is InChI=1S/C14H16N2O5/c1-3-5-15-6-4-12(17)16(14(15)20)8-10-7-11(13(18)19)21-9(10)2/h4,6-7H,3,5,8H2,1-2H3,(H,18,19). The highest BCUT2D eigenvalue weighted by atomic mass is 16.4. The SMILES string of the molecule is CCCn1ccc(=O)n(Cc2cc(C(=O)O)oc2C)c1=O. The first-order chi connectivity index (χ1) is 9.93. The summed E-state index contributed by atoms with van der Waals surface area (Å²) in [6, 6.07) is 2.66. The van der Waals surface area contributed by atoms with E-state index in [1.165, 1.54) is 22.9 Å². The molecule has 0 radical (unpaired) electrons. The number of aromatic nitrogens is 2. The van der Waals surface area contributed by atoms with E-state index in [1.54, 1.807) is 6.92 Å². The normalized spacial score (nSPS) is 10.8. The van der Waals surface area contributed by atoms with Crippen LogP contribution in [0.2, 0.25) is 0 Å². The first-order valence-electron chi connectivity index (χ1n) is 6.57. The van der Waals surface area contributed by atoms with Crippen LogP contribution in [0.5, 0.6) is 0 Å². The molecule has 0 saturated heterocycles. The Labute approximate surface area is 120 Å². The van der Waals surface area contributed by atoms with E-state index in [2.05, 4.69) is 0 Å². The Morgan fingerprint density at radius 1 is 1.38 bits per heavy atom. The summed E-state index contributed by atoms with van der Waals surface area (Å²) in [7, 11) is 0. The number of hydrogen-bond acceptors (Lipinski definition) is 4. The van der Waals surface area contributed by atoms with Gasteiger partial charge in [-0.15, -0.1) is 0 Å². The third-order valence-electron chi connectivity index (χ3n) is 3.16. The molecule has 2 aromatic rings. The molecule has 2 heterocycles. The zero-order valence-electron chi connectivity index (χ0n) is 11.8. The molecule has 0 aliphatic carbocycles. The number of aromatic carboxylic acids is 1. The van der Waals surface area contributed by atoms with Gasteiger partial charge in [-0.2, -0.15) is 0 Å². The molecule has 7 nitrogen and oxygen atoms in total. The lowest BCUT2D eigenvalue weighted by atomic mass is 10.2. The van der Waals surface area contributed by atoms with Gasteiger partial charge >= 0.3 is 11.7 Å². The third-order valence-corrected chi connectivity index (χ3v) is 3.16. The molecule has 0 aromatic carbocycles. The highest BCUT2D eigenvalue weighted by Gasteiger charge is 2.15. The quantitative estimate of drug-likeness (QED) is 0.889. The highest BCUT2D eigenvalue weighted by molar-refractivity contribution is 5.84. The van der Waals surface area contributed by atoms with E-state index in [-0.39, 0.29) is 12.3 Å². The molecule has 0 atom stereocenters. The second kappa shape index (κ2) is 5.82. The van der Waals surface area contributed by atoms with Gasteiger partial charge in [0.05, 0.1) is 6.54 Å². The van der Waals surface area contributed by atoms with Gasteiger partial charge in [0, 0.05) is 24.4 Å². The smallest absolute Gasteiger partial charge is 0.371 e. The summed E-state index contributed by atoms with van der Waals surface area (Å²) >= 11 is 0. The van der Waals surface area contributed by atoms with Crippen LogP contribution in [0.25, 0.3) is 0 Å². The summed E-state index contributed by atoms with van der Waals surface area (Å²) in [5.74, 6) is -1.02. The van der Waals surface area contributed by atoms with Crippen molar-refractivity contribution in [3.8, 4) is 0 Å². The lowest BCUT2D eigenvalue weighted by Gasteiger charge is -2.08. The first-order valence-corrected chi connectivity index (χ1v) is 6.57. The summed E-state index contributed by atoms with van der Waals surface area (Å²) in [4.78, 5) is 34.9. The van der Waals surface area contributed by atoms with E-state index in [0.717, 1.165) is 11.0 Å². The van der Waals surface area contributed by atoms with Gasteiger partial charge < -0.3 is 14.1 Å². The van der Waals surface area contributed by atoms with Gasteiger partial charge in [-0.25, -0.2) is 9.59 Å². The van der Waals surface area contributed by atoms with Crippen molar-refractivity contribution in [3.63, 3.8) is 0 Å². The Hall–Kier alpha value is -2.57. The van der Waals surface area contributed by atoms with Crippen LogP contribution >= 0.6 is 0 Å². The van der Waals surface area contributed by atoms with E-state index in [9.17, 15) is 14.4 Å². The second-order valence-corrected chi connectivity index (χ2v) is 4.71. The molecular weight excluding hydrogens is 276 g/mol. The van der Waals surface area contributed by atoms with Gasteiger partial charge in [0.15, 0.2) is 0 Å².